The molecule has 5 rings (SSSR count). The first-order valence-corrected chi connectivity index (χ1v) is 12.9. The molecule has 0 bridgehead atoms. The van der Waals surface area contributed by atoms with E-state index in [1.54, 1.807) is 57.6 Å². The van der Waals surface area contributed by atoms with Crippen molar-refractivity contribution >= 4 is 11.9 Å². The lowest BCUT2D eigenvalue weighted by Crippen LogP contribution is -2.53. The van der Waals surface area contributed by atoms with Gasteiger partial charge in [0, 0.05) is 39.1 Å². The molecule has 2 aliphatic rings. The fourth-order valence-electron chi connectivity index (χ4n) is 6.39. The van der Waals surface area contributed by atoms with Crippen LogP contribution in [0.3, 0.4) is 0 Å². The van der Waals surface area contributed by atoms with Crippen LogP contribution in [0.4, 0.5) is 0 Å². The summed E-state index contributed by atoms with van der Waals surface area (Å²) in [7, 11) is 7.82. The minimum atomic E-state index is -2.06. The standard InChI is InChI=1S/C31H33NO8/c1-18(33)39-28-25(29(34)32(2)3)26(19-10-8-7-9-11-19)31(20-12-14-21(36-4)15-13-20)30(28,35)27-23(38-6)16-22(37-5)17-24(27)40-31/h7-17,25-26,28,35H,1-6H3/t25-,26+,28-,30-,31-/m0/s1. The van der Waals surface area contributed by atoms with Crippen molar-refractivity contribution in [3.05, 3.63) is 83.4 Å². The maximum Gasteiger partial charge on any atom is 0.303 e. The molecule has 5 atom stereocenters. The zero-order valence-electron chi connectivity index (χ0n) is 23.3. The van der Waals surface area contributed by atoms with Crippen LogP contribution in [0.2, 0.25) is 0 Å². The van der Waals surface area contributed by atoms with Crippen molar-refractivity contribution in [2.75, 3.05) is 35.4 Å². The number of esters is 1. The van der Waals surface area contributed by atoms with Gasteiger partial charge in [0.2, 0.25) is 5.91 Å². The van der Waals surface area contributed by atoms with Crippen LogP contribution in [0.15, 0.2) is 66.7 Å². The summed E-state index contributed by atoms with van der Waals surface area (Å²) < 4.78 is 29.5. The Bertz CT molecular complexity index is 1420. The molecule has 0 saturated heterocycles. The summed E-state index contributed by atoms with van der Waals surface area (Å²) >= 11 is 0. The molecule has 0 radical (unpaired) electrons. The Morgan fingerprint density at radius 3 is 2.10 bits per heavy atom. The van der Waals surface area contributed by atoms with Gasteiger partial charge in [-0.2, -0.15) is 0 Å². The van der Waals surface area contributed by atoms with E-state index < -0.39 is 35.1 Å². The molecule has 210 valence electrons. The topological polar surface area (TPSA) is 104 Å². The van der Waals surface area contributed by atoms with Crippen LogP contribution in [-0.2, 0) is 25.5 Å². The number of aliphatic hydroxyl groups is 1. The zero-order valence-corrected chi connectivity index (χ0v) is 23.3. The first-order chi connectivity index (χ1) is 19.1. The lowest BCUT2D eigenvalue weighted by Gasteiger charge is -2.41. The van der Waals surface area contributed by atoms with Crippen LogP contribution in [0.5, 0.6) is 23.0 Å². The lowest BCUT2D eigenvalue weighted by atomic mass is 9.70. The van der Waals surface area contributed by atoms with E-state index in [-0.39, 0.29) is 17.2 Å². The van der Waals surface area contributed by atoms with Crippen LogP contribution in [0.1, 0.15) is 29.5 Å². The maximum atomic E-state index is 14.0. The first-order valence-electron chi connectivity index (χ1n) is 12.9. The van der Waals surface area contributed by atoms with E-state index in [0.29, 0.717) is 22.8 Å². The van der Waals surface area contributed by atoms with Crippen LogP contribution in [0, 0.1) is 5.92 Å². The van der Waals surface area contributed by atoms with Crippen molar-refractivity contribution in [1.82, 2.24) is 4.90 Å². The van der Waals surface area contributed by atoms with Crippen molar-refractivity contribution in [2.45, 2.75) is 30.1 Å². The Labute approximate surface area is 233 Å². The van der Waals surface area contributed by atoms with Crippen molar-refractivity contribution in [2.24, 2.45) is 5.92 Å². The van der Waals surface area contributed by atoms with E-state index in [0.717, 1.165) is 5.56 Å². The number of fused-ring (bicyclic) bond motifs is 3. The molecule has 0 unspecified atom stereocenters. The van der Waals surface area contributed by atoms with Crippen molar-refractivity contribution in [3.63, 3.8) is 0 Å². The highest BCUT2D eigenvalue weighted by Gasteiger charge is 2.79. The molecule has 1 aliphatic carbocycles. The first kappa shape index (κ1) is 27.3. The minimum absolute atomic E-state index is 0.271. The van der Waals surface area contributed by atoms with Gasteiger partial charge in [0.05, 0.1) is 32.8 Å². The molecule has 1 amide bonds. The SMILES string of the molecule is COc1ccc([C@@]23Oc4cc(OC)cc(OC)c4[C@]2(O)[C@@H](OC(C)=O)[C@@H](C(=O)N(C)C)[C@H]3c2ccccc2)cc1. The van der Waals surface area contributed by atoms with Gasteiger partial charge < -0.3 is 33.7 Å². The number of hydrogen-bond donors (Lipinski definition) is 1. The molecule has 1 fully saturated rings. The second-order valence-electron chi connectivity index (χ2n) is 10.2. The summed E-state index contributed by atoms with van der Waals surface area (Å²) in [6.07, 6.45) is -1.34. The Morgan fingerprint density at radius 2 is 1.55 bits per heavy atom. The Kier molecular flexibility index (Phi) is 6.87. The lowest BCUT2D eigenvalue weighted by molar-refractivity contribution is -0.184. The molecular weight excluding hydrogens is 514 g/mol. The number of carbonyl (C=O) groups is 2. The second-order valence-corrected chi connectivity index (χ2v) is 10.2. The van der Waals surface area contributed by atoms with Gasteiger partial charge in [-0.3, -0.25) is 9.59 Å². The van der Waals surface area contributed by atoms with Crippen LogP contribution >= 0.6 is 0 Å². The molecule has 0 spiro atoms. The Balaban J connectivity index is 1.93. The number of amides is 1. The molecule has 9 nitrogen and oxygen atoms in total. The largest absolute Gasteiger partial charge is 0.497 e. The number of methoxy groups -OCH3 is 3. The quantitative estimate of drug-likeness (QED) is 0.448. The fraction of sp³-hybridized carbons (Fsp3) is 0.355. The molecule has 3 aromatic carbocycles. The van der Waals surface area contributed by atoms with Crippen LogP contribution < -0.4 is 18.9 Å². The average Bonchev–Trinajstić information content (AvgIpc) is 3.34. The fourth-order valence-corrected chi connectivity index (χ4v) is 6.39. The van der Waals surface area contributed by atoms with Crippen LogP contribution in [-0.4, -0.2) is 63.4 Å². The monoisotopic (exact) mass is 547 g/mol. The molecule has 1 saturated carbocycles. The zero-order chi connectivity index (χ0) is 28.8. The van der Waals surface area contributed by atoms with Crippen molar-refractivity contribution in [1.29, 1.82) is 0 Å². The molecule has 9 heteroatoms. The maximum absolute atomic E-state index is 14.0. The third-order valence-electron chi connectivity index (χ3n) is 7.94. The smallest absolute Gasteiger partial charge is 0.303 e. The van der Waals surface area contributed by atoms with E-state index in [9.17, 15) is 14.7 Å². The van der Waals surface area contributed by atoms with E-state index in [2.05, 4.69) is 0 Å². The molecule has 3 aromatic rings. The van der Waals surface area contributed by atoms with E-state index >= 15 is 0 Å². The molecule has 1 aliphatic heterocycles. The van der Waals surface area contributed by atoms with Gasteiger partial charge in [-0.05, 0) is 23.3 Å². The molecule has 40 heavy (non-hydrogen) atoms. The van der Waals surface area contributed by atoms with Gasteiger partial charge in [-0.15, -0.1) is 0 Å². The van der Waals surface area contributed by atoms with Gasteiger partial charge in [0.15, 0.2) is 17.3 Å². The normalized spacial score (nSPS) is 26.2. The summed E-state index contributed by atoms with van der Waals surface area (Å²) in [5.41, 5.74) is -2.12. The highest BCUT2D eigenvalue weighted by Crippen LogP contribution is 2.71. The Morgan fingerprint density at radius 1 is 0.900 bits per heavy atom. The number of benzene rings is 3. The number of rotatable bonds is 7. The number of ether oxygens (including phenoxy) is 5. The summed E-state index contributed by atoms with van der Waals surface area (Å²) in [6.45, 7) is 1.26. The summed E-state index contributed by atoms with van der Waals surface area (Å²) in [5.74, 6) is -1.17. The molecule has 1 N–H and O–H groups in total. The van der Waals surface area contributed by atoms with Gasteiger partial charge >= 0.3 is 5.97 Å². The summed E-state index contributed by atoms with van der Waals surface area (Å²) in [4.78, 5) is 28.1. The molecular formula is C31H33NO8. The van der Waals surface area contributed by atoms with Crippen molar-refractivity contribution in [3.8, 4) is 23.0 Å². The number of hydrogen-bond acceptors (Lipinski definition) is 8. The number of nitrogens with zero attached hydrogens (tertiary/aromatic N) is 1. The predicted molar refractivity (Wildman–Crippen MR) is 146 cm³/mol. The molecule has 1 heterocycles. The van der Waals surface area contributed by atoms with Crippen molar-refractivity contribution < 1.29 is 38.4 Å². The third-order valence-corrected chi connectivity index (χ3v) is 7.94. The average molecular weight is 548 g/mol. The predicted octanol–water partition coefficient (Wildman–Crippen LogP) is 3.62. The van der Waals surface area contributed by atoms with Gasteiger partial charge in [-0.1, -0.05) is 42.5 Å². The van der Waals surface area contributed by atoms with Gasteiger partial charge in [0.25, 0.3) is 0 Å². The minimum Gasteiger partial charge on any atom is -0.497 e. The third kappa shape index (κ3) is 3.79. The second kappa shape index (κ2) is 10.1. The summed E-state index contributed by atoms with van der Waals surface area (Å²) in [5, 5.41) is 13.2. The highest BCUT2D eigenvalue weighted by molar-refractivity contribution is 5.83. The van der Waals surface area contributed by atoms with E-state index in [1.165, 1.54) is 26.0 Å². The van der Waals surface area contributed by atoms with Gasteiger partial charge in [0.1, 0.15) is 23.0 Å². The number of carbonyl (C=O) groups excluding carboxylic acids is 2. The van der Waals surface area contributed by atoms with Gasteiger partial charge in [-0.25, -0.2) is 0 Å². The molecule has 0 aromatic heterocycles. The summed E-state index contributed by atoms with van der Waals surface area (Å²) in [6, 6.07) is 19.8. The van der Waals surface area contributed by atoms with E-state index in [1.807, 2.05) is 30.3 Å². The highest BCUT2D eigenvalue weighted by atomic mass is 16.6. The van der Waals surface area contributed by atoms with E-state index in [4.69, 9.17) is 23.7 Å². The van der Waals surface area contributed by atoms with Crippen LogP contribution in [0.25, 0.3) is 0 Å². The Hall–Kier alpha value is -4.24.